The van der Waals surface area contributed by atoms with Gasteiger partial charge in [-0.05, 0) is 37.8 Å². The summed E-state index contributed by atoms with van der Waals surface area (Å²) in [6.45, 7) is -0.170. The van der Waals surface area contributed by atoms with Crippen LogP contribution in [0.15, 0.2) is 24.3 Å². The van der Waals surface area contributed by atoms with Gasteiger partial charge in [0.15, 0.2) is 6.61 Å². The summed E-state index contributed by atoms with van der Waals surface area (Å²) in [5.41, 5.74) is 1.00. The van der Waals surface area contributed by atoms with Gasteiger partial charge in [-0.2, -0.15) is 0 Å². The molecule has 0 atom stereocenters. The van der Waals surface area contributed by atoms with Gasteiger partial charge in [0, 0.05) is 12.5 Å². The van der Waals surface area contributed by atoms with E-state index in [1.54, 1.807) is 11.3 Å². The third kappa shape index (κ3) is 5.80. The van der Waals surface area contributed by atoms with Gasteiger partial charge in [-0.3, -0.25) is 9.59 Å². The summed E-state index contributed by atoms with van der Waals surface area (Å²) in [5.74, 6) is -0.501. The Labute approximate surface area is 158 Å². The first-order valence-electron chi connectivity index (χ1n) is 9.50. The molecule has 1 aromatic carbocycles. The molecule has 1 fully saturated rings. The smallest absolute Gasteiger partial charge is 0.306 e. The average molecular weight is 375 g/mol. The van der Waals surface area contributed by atoms with E-state index in [2.05, 4.69) is 16.4 Å². The standard InChI is InChI=1S/C20H26N2O3S/c23-18(21-15-8-3-1-2-4-9-15)14-25-20(24)13-7-12-19-22-16-10-5-6-11-17(16)26-19/h5-6,10-11,15H,1-4,7-9,12-14H2,(H,21,23). The van der Waals surface area contributed by atoms with E-state index in [4.69, 9.17) is 4.74 Å². The first kappa shape index (κ1) is 18.8. The van der Waals surface area contributed by atoms with Crippen LogP contribution < -0.4 is 5.32 Å². The van der Waals surface area contributed by atoms with Crippen molar-refractivity contribution < 1.29 is 14.3 Å². The molecule has 2 aromatic rings. The van der Waals surface area contributed by atoms with Crippen molar-refractivity contribution in [3.63, 3.8) is 0 Å². The maximum absolute atomic E-state index is 11.9. The van der Waals surface area contributed by atoms with Gasteiger partial charge in [0.25, 0.3) is 5.91 Å². The van der Waals surface area contributed by atoms with Crippen molar-refractivity contribution in [3.05, 3.63) is 29.3 Å². The molecule has 26 heavy (non-hydrogen) atoms. The van der Waals surface area contributed by atoms with E-state index in [0.29, 0.717) is 12.8 Å². The summed E-state index contributed by atoms with van der Waals surface area (Å²) in [7, 11) is 0. The Morgan fingerprint density at radius 2 is 1.92 bits per heavy atom. The van der Waals surface area contributed by atoms with E-state index < -0.39 is 0 Å². The molecule has 0 unspecified atom stereocenters. The summed E-state index contributed by atoms with van der Waals surface area (Å²) < 4.78 is 6.27. The number of hydrogen-bond donors (Lipinski definition) is 1. The Morgan fingerprint density at radius 1 is 1.15 bits per heavy atom. The van der Waals surface area contributed by atoms with E-state index in [0.717, 1.165) is 42.6 Å². The highest BCUT2D eigenvalue weighted by Gasteiger charge is 2.15. The predicted molar refractivity (Wildman–Crippen MR) is 103 cm³/mol. The number of esters is 1. The number of rotatable bonds is 7. The SMILES string of the molecule is O=C(COC(=O)CCCc1nc2ccccc2s1)NC1CCCCCC1. The molecule has 5 nitrogen and oxygen atoms in total. The average Bonchev–Trinajstić information content (AvgIpc) is 2.88. The zero-order valence-corrected chi connectivity index (χ0v) is 15.9. The summed E-state index contributed by atoms with van der Waals surface area (Å²) in [4.78, 5) is 28.3. The maximum atomic E-state index is 11.9. The van der Waals surface area contributed by atoms with Crippen LogP contribution in [0.4, 0.5) is 0 Å². The zero-order chi connectivity index (χ0) is 18.2. The van der Waals surface area contributed by atoms with Crippen LogP contribution >= 0.6 is 11.3 Å². The molecule has 1 saturated carbocycles. The van der Waals surface area contributed by atoms with Crippen LogP contribution in [-0.2, 0) is 20.7 Å². The predicted octanol–water partition coefficient (Wildman–Crippen LogP) is 4.00. The number of carbonyl (C=O) groups is 2. The third-order valence-electron chi connectivity index (χ3n) is 4.69. The van der Waals surface area contributed by atoms with Crippen molar-refractivity contribution in [2.24, 2.45) is 0 Å². The quantitative estimate of drug-likeness (QED) is 0.587. The van der Waals surface area contributed by atoms with Gasteiger partial charge < -0.3 is 10.1 Å². The Hall–Kier alpha value is -1.95. The van der Waals surface area contributed by atoms with E-state index >= 15 is 0 Å². The van der Waals surface area contributed by atoms with Crippen LogP contribution in [0.25, 0.3) is 10.2 Å². The molecule has 0 spiro atoms. The molecule has 1 aliphatic carbocycles. The Morgan fingerprint density at radius 3 is 2.69 bits per heavy atom. The van der Waals surface area contributed by atoms with Crippen molar-refractivity contribution in [3.8, 4) is 0 Å². The number of nitrogens with zero attached hydrogens (tertiary/aromatic N) is 1. The van der Waals surface area contributed by atoms with Gasteiger partial charge in [0.1, 0.15) is 0 Å². The molecule has 1 N–H and O–H groups in total. The minimum atomic E-state index is -0.317. The molecule has 0 aliphatic heterocycles. The maximum Gasteiger partial charge on any atom is 0.306 e. The van der Waals surface area contributed by atoms with Crippen LogP contribution in [0.5, 0.6) is 0 Å². The molecular weight excluding hydrogens is 348 g/mol. The number of hydrogen-bond acceptors (Lipinski definition) is 5. The van der Waals surface area contributed by atoms with Gasteiger partial charge in [0.05, 0.1) is 15.2 Å². The number of amides is 1. The number of fused-ring (bicyclic) bond motifs is 1. The number of para-hydroxylation sites is 1. The van der Waals surface area contributed by atoms with Crippen molar-refractivity contribution in [1.82, 2.24) is 10.3 Å². The number of aryl methyl sites for hydroxylation is 1. The lowest BCUT2D eigenvalue weighted by molar-refractivity contribution is -0.148. The molecule has 0 saturated heterocycles. The molecule has 6 heteroatoms. The summed E-state index contributed by atoms with van der Waals surface area (Å²) >= 11 is 1.66. The lowest BCUT2D eigenvalue weighted by Crippen LogP contribution is -2.37. The molecule has 0 bridgehead atoms. The van der Waals surface area contributed by atoms with Crippen LogP contribution in [0, 0.1) is 0 Å². The second-order valence-corrected chi connectivity index (χ2v) is 7.96. The van der Waals surface area contributed by atoms with E-state index in [9.17, 15) is 9.59 Å². The van der Waals surface area contributed by atoms with Gasteiger partial charge in [0.2, 0.25) is 0 Å². The number of nitrogens with one attached hydrogen (secondary N) is 1. The van der Waals surface area contributed by atoms with Gasteiger partial charge in [-0.1, -0.05) is 37.8 Å². The summed E-state index contributed by atoms with van der Waals surface area (Å²) in [5, 5.41) is 4.02. The molecule has 140 valence electrons. The first-order valence-corrected chi connectivity index (χ1v) is 10.3. The molecule has 1 aromatic heterocycles. The minimum absolute atomic E-state index is 0.170. The normalized spacial score (nSPS) is 15.5. The van der Waals surface area contributed by atoms with Crippen LogP contribution in [0.1, 0.15) is 56.4 Å². The van der Waals surface area contributed by atoms with Crippen LogP contribution in [0.3, 0.4) is 0 Å². The fourth-order valence-electron chi connectivity index (χ4n) is 3.32. The molecule has 1 aliphatic rings. The highest BCUT2D eigenvalue weighted by atomic mass is 32.1. The molecule has 0 radical (unpaired) electrons. The highest BCUT2D eigenvalue weighted by Crippen LogP contribution is 2.22. The summed E-state index contributed by atoms with van der Waals surface area (Å²) in [6.07, 6.45) is 8.63. The monoisotopic (exact) mass is 374 g/mol. The number of ether oxygens (including phenoxy) is 1. The van der Waals surface area contributed by atoms with Crippen LogP contribution in [0.2, 0.25) is 0 Å². The van der Waals surface area contributed by atoms with Crippen molar-refractivity contribution in [2.45, 2.75) is 63.8 Å². The van der Waals surface area contributed by atoms with E-state index in [1.807, 2.05) is 18.2 Å². The third-order valence-corrected chi connectivity index (χ3v) is 5.79. The number of aromatic nitrogens is 1. The van der Waals surface area contributed by atoms with Crippen molar-refractivity contribution >= 4 is 33.4 Å². The van der Waals surface area contributed by atoms with Gasteiger partial charge >= 0.3 is 5.97 Å². The lowest BCUT2D eigenvalue weighted by atomic mass is 10.1. The molecule has 3 rings (SSSR count). The Balaban J connectivity index is 1.32. The lowest BCUT2D eigenvalue weighted by Gasteiger charge is -2.16. The largest absolute Gasteiger partial charge is 0.456 e. The number of thiazole rings is 1. The Kier molecular flexibility index (Phi) is 7.00. The molecule has 1 amide bonds. The van der Waals surface area contributed by atoms with Gasteiger partial charge in [-0.25, -0.2) is 4.98 Å². The Bertz CT molecular complexity index is 702. The summed E-state index contributed by atoms with van der Waals surface area (Å²) in [6, 6.07) is 8.27. The van der Waals surface area contributed by atoms with Gasteiger partial charge in [-0.15, -0.1) is 11.3 Å². The van der Waals surface area contributed by atoms with Crippen molar-refractivity contribution in [1.29, 1.82) is 0 Å². The number of carbonyl (C=O) groups excluding carboxylic acids is 2. The van der Waals surface area contributed by atoms with E-state index in [-0.39, 0.29) is 24.5 Å². The fraction of sp³-hybridized carbons (Fsp3) is 0.550. The number of benzene rings is 1. The second-order valence-electron chi connectivity index (χ2n) is 6.85. The van der Waals surface area contributed by atoms with Crippen molar-refractivity contribution in [2.75, 3.05) is 6.61 Å². The second kappa shape index (κ2) is 9.67. The minimum Gasteiger partial charge on any atom is -0.456 e. The van der Waals surface area contributed by atoms with Crippen LogP contribution in [-0.4, -0.2) is 29.5 Å². The first-order chi connectivity index (χ1) is 12.7. The zero-order valence-electron chi connectivity index (χ0n) is 15.0. The topological polar surface area (TPSA) is 68.3 Å². The van der Waals surface area contributed by atoms with E-state index in [1.165, 1.54) is 17.5 Å². The fourth-order valence-corrected chi connectivity index (χ4v) is 4.33. The highest BCUT2D eigenvalue weighted by molar-refractivity contribution is 7.18. The molecular formula is C20H26N2O3S. The molecule has 1 heterocycles.